The highest BCUT2D eigenvalue weighted by Gasteiger charge is 2.13. The van der Waals surface area contributed by atoms with Crippen molar-refractivity contribution < 1.29 is 17.6 Å². The van der Waals surface area contributed by atoms with Crippen molar-refractivity contribution in [2.24, 2.45) is 5.73 Å². The maximum atomic E-state index is 13.2. The highest BCUT2D eigenvalue weighted by Crippen LogP contribution is 2.25. The second-order valence-corrected chi connectivity index (χ2v) is 10.2. The molecule has 11 heteroatoms. The summed E-state index contributed by atoms with van der Waals surface area (Å²) in [7, 11) is -3.18. The number of nitrogens with two attached hydrogens (primary N) is 1. The van der Waals surface area contributed by atoms with Gasteiger partial charge in [-0.2, -0.15) is 4.98 Å². The minimum absolute atomic E-state index is 0.0783. The van der Waals surface area contributed by atoms with Crippen LogP contribution in [0.25, 0.3) is 22.3 Å². The summed E-state index contributed by atoms with van der Waals surface area (Å²) in [6.07, 6.45) is 1.16. The summed E-state index contributed by atoms with van der Waals surface area (Å²) in [5.41, 5.74) is 8.93. The second kappa shape index (κ2) is 10.0. The lowest BCUT2D eigenvalue weighted by atomic mass is 10.1. The third-order valence-electron chi connectivity index (χ3n) is 5.14. The van der Waals surface area contributed by atoms with Gasteiger partial charge < -0.3 is 16.4 Å². The van der Waals surface area contributed by atoms with Gasteiger partial charge in [0.25, 0.3) is 0 Å². The SMILES string of the molecule is CS(=O)(=O)CCNc1nc(NCc2ccc(F)cc2)nc2ccc(-c3ccc(C(N)=O)cc3)nc12. The van der Waals surface area contributed by atoms with E-state index in [0.717, 1.165) is 17.4 Å². The predicted molar refractivity (Wildman–Crippen MR) is 133 cm³/mol. The minimum atomic E-state index is -3.18. The Morgan fingerprint density at radius 3 is 2.31 bits per heavy atom. The van der Waals surface area contributed by atoms with Crippen LogP contribution in [0.2, 0.25) is 0 Å². The van der Waals surface area contributed by atoms with Crippen LogP contribution in [0.15, 0.2) is 60.7 Å². The highest BCUT2D eigenvalue weighted by molar-refractivity contribution is 7.90. The van der Waals surface area contributed by atoms with Gasteiger partial charge in [-0.3, -0.25) is 4.79 Å². The van der Waals surface area contributed by atoms with E-state index < -0.39 is 15.7 Å². The molecule has 0 radical (unpaired) electrons. The summed E-state index contributed by atoms with van der Waals surface area (Å²) >= 11 is 0. The molecule has 4 N–H and O–H groups in total. The third kappa shape index (κ3) is 6.27. The molecule has 0 aliphatic rings. The second-order valence-electron chi connectivity index (χ2n) is 7.94. The summed E-state index contributed by atoms with van der Waals surface area (Å²) < 4.78 is 36.3. The first-order chi connectivity index (χ1) is 16.7. The Labute approximate surface area is 201 Å². The molecule has 0 saturated heterocycles. The molecule has 0 aliphatic carbocycles. The van der Waals surface area contributed by atoms with Crippen LogP contribution in [0.5, 0.6) is 0 Å². The Balaban J connectivity index is 1.66. The van der Waals surface area contributed by atoms with Crippen molar-refractivity contribution in [1.82, 2.24) is 15.0 Å². The Bertz CT molecular complexity index is 1480. The Kier molecular flexibility index (Phi) is 6.87. The Morgan fingerprint density at radius 2 is 1.66 bits per heavy atom. The molecule has 9 nitrogen and oxygen atoms in total. The van der Waals surface area contributed by atoms with Gasteiger partial charge in [0, 0.05) is 30.5 Å². The normalized spacial score (nSPS) is 11.4. The Morgan fingerprint density at radius 1 is 0.943 bits per heavy atom. The summed E-state index contributed by atoms with van der Waals surface area (Å²) in [5, 5.41) is 6.16. The molecule has 0 saturated carbocycles. The molecule has 4 rings (SSSR count). The van der Waals surface area contributed by atoms with E-state index in [1.165, 1.54) is 12.1 Å². The summed E-state index contributed by atoms with van der Waals surface area (Å²) in [5.74, 6) is -0.237. The number of rotatable bonds is 9. The first kappa shape index (κ1) is 24.0. The van der Waals surface area contributed by atoms with Crippen LogP contribution in [-0.4, -0.2) is 47.8 Å². The molecule has 35 heavy (non-hydrogen) atoms. The summed E-state index contributed by atoms with van der Waals surface area (Å²) in [6, 6.07) is 16.4. The molecule has 0 fully saturated rings. The zero-order chi connectivity index (χ0) is 25.0. The predicted octanol–water partition coefficient (Wildman–Crippen LogP) is 3.00. The number of anilines is 2. The topological polar surface area (TPSA) is 140 Å². The minimum Gasteiger partial charge on any atom is -0.367 e. The number of primary amides is 1. The molecule has 0 aliphatic heterocycles. The number of aromatic nitrogens is 3. The van der Waals surface area contributed by atoms with Crippen LogP contribution < -0.4 is 16.4 Å². The van der Waals surface area contributed by atoms with Gasteiger partial charge in [-0.05, 0) is 42.0 Å². The maximum absolute atomic E-state index is 13.2. The summed E-state index contributed by atoms with van der Waals surface area (Å²) in [4.78, 5) is 25.0. The van der Waals surface area contributed by atoms with Gasteiger partial charge in [-0.25, -0.2) is 22.8 Å². The lowest BCUT2D eigenvalue weighted by Gasteiger charge is -2.12. The van der Waals surface area contributed by atoms with Gasteiger partial charge in [0.1, 0.15) is 21.2 Å². The van der Waals surface area contributed by atoms with E-state index in [4.69, 9.17) is 5.73 Å². The molecule has 4 aromatic rings. The monoisotopic (exact) mass is 494 g/mol. The maximum Gasteiger partial charge on any atom is 0.248 e. The number of carbonyl (C=O) groups is 1. The van der Waals surface area contributed by atoms with Gasteiger partial charge in [-0.1, -0.05) is 24.3 Å². The lowest BCUT2D eigenvalue weighted by molar-refractivity contribution is 0.100. The van der Waals surface area contributed by atoms with E-state index in [1.54, 1.807) is 48.5 Å². The van der Waals surface area contributed by atoms with E-state index in [1.807, 2.05) is 0 Å². The fourth-order valence-corrected chi connectivity index (χ4v) is 3.79. The molecule has 2 heterocycles. The molecule has 0 unspecified atom stereocenters. The Hall–Kier alpha value is -4.12. The molecule has 1 amide bonds. The van der Waals surface area contributed by atoms with Gasteiger partial charge in [0.05, 0.1) is 17.0 Å². The van der Waals surface area contributed by atoms with E-state index >= 15 is 0 Å². The van der Waals surface area contributed by atoms with Crippen molar-refractivity contribution in [3.63, 3.8) is 0 Å². The van der Waals surface area contributed by atoms with Gasteiger partial charge in [-0.15, -0.1) is 0 Å². The fraction of sp³-hybridized carbons (Fsp3) is 0.167. The molecule has 2 aromatic carbocycles. The van der Waals surface area contributed by atoms with E-state index in [-0.39, 0.29) is 18.1 Å². The number of amides is 1. The van der Waals surface area contributed by atoms with Crippen LogP contribution in [-0.2, 0) is 16.4 Å². The highest BCUT2D eigenvalue weighted by atomic mass is 32.2. The van der Waals surface area contributed by atoms with Crippen molar-refractivity contribution in [3.05, 3.63) is 77.6 Å². The molecule has 2 aromatic heterocycles. The number of fused-ring (bicyclic) bond motifs is 1. The quantitative estimate of drug-likeness (QED) is 0.323. The lowest BCUT2D eigenvalue weighted by Crippen LogP contribution is -2.16. The van der Waals surface area contributed by atoms with Crippen LogP contribution in [0, 0.1) is 5.82 Å². The molecular weight excluding hydrogens is 471 g/mol. The first-order valence-corrected chi connectivity index (χ1v) is 12.7. The number of pyridine rings is 1. The standard InChI is InChI=1S/C24H23FN6O3S/c1-35(33,34)13-12-27-23-21-20(30-24(31-23)28-14-15-2-8-18(25)9-3-15)11-10-19(29-21)16-4-6-17(7-5-16)22(26)32/h2-11H,12-14H2,1H3,(H2,26,32)(H2,27,28,30,31). The van der Waals surface area contributed by atoms with Crippen LogP contribution >= 0.6 is 0 Å². The number of nitrogens with one attached hydrogen (secondary N) is 2. The summed E-state index contributed by atoms with van der Waals surface area (Å²) in [6.45, 7) is 0.508. The number of sulfone groups is 1. The molecule has 0 bridgehead atoms. The third-order valence-corrected chi connectivity index (χ3v) is 6.08. The van der Waals surface area contributed by atoms with Crippen molar-refractivity contribution in [2.75, 3.05) is 29.2 Å². The smallest absolute Gasteiger partial charge is 0.248 e. The van der Waals surface area contributed by atoms with Crippen molar-refractivity contribution in [3.8, 4) is 11.3 Å². The zero-order valence-corrected chi connectivity index (χ0v) is 19.6. The number of carbonyl (C=O) groups excluding carboxylic acids is 1. The van der Waals surface area contributed by atoms with Crippen molar-refractivity contribution >= 4 is 38.5 Å². The number of hydrogen-bond donors (Lipinski definition) is 3. The molecular formula is C24H23FN6O3S. The van der Waals surface area contributed by atoms with Crippen molar-refractivity contribution in [1.29, 1.82) is 0 Å². The first-order valence-electron chi connectivity index (χ1n) is 10.7. The van der Waals surface area contributed by atoms with Crippen molar-refractivity contribution in [2.45, 2.75) is 6.54 Å². The molecule has 180 valence electrons. The largest absolute Gasteiger partial charge is 0.367 e. The van der Waals surface area contributed by atoms with Crippen LogP contribution in [0.3, 0.4) is 0 Å². The van der Waals surface area contributed by atoms with Crippen LogP contribution in [0.1, 0.15) is 15.9 Å². The van der Waals surface area contributed by atoms with Gasteiger partial charge >= 0.3 is 0 Å². The molecule has 0 atom stereocenters. The van der Waals surface area contributed by atoms with E-state index in [2.05, 4.69) is 25.6 Å². The van der Waals surface area contributed by atoms with Crippen LogP contribution in [0.4, 0.5) is 16.2 Å². The van der Waals surface area contributed by atoms with Gasteiger partial charge in [0.2, 0.25) is 11.9 Å². The average molecular weight is 495 g/mol. The van der Waals surface area contributed by atoms with E-state index in [9.17, 15) is 17.6 Å². The van der Waals surface area contributed by atoms with E-state index in [0.29, 0.717) is 40.6 Å². The number of hydrogen-bond acceptors (Lipinski definition) is 8. The molecule has 0 spiro atoms. The zero-order valence-electron chi connectivity index (χ0n) is 18.8. The number of halogens is 1. The average Bonchev–Trinajstić information content (AvgIpc) is 2.82. The fourth-order valence-electron chi connectivity index (χ4n) is 3.32. The number of nitrogens with zero attached hydrogens (tertiary/aromatic N) is 3. The number of benzene rings is 2. The van der Waals surface area contributed by atoms with Gasteiger partial charge in [0.15, 0.2) is 5.82 Å².